The van der Waals surface area contributed by atoms with E-state index in [4.69, 9.17) is 0 Å². The van der Waals surface area contributed by atoms with Gasteiger partial charge in [-0.2, -0.15) is 5.10 Å². The summed E-state index contributed by atoms with van der Waals surface area (Å²) in [4.78, 5) is 12.9. The first-order valence-electron chi connectivity index (χ1n) is 12.5. The monoisotopic (exact) mass is 442 g/mol. The van der Waals surface area contributed by atoms with Gasteiger partial charge in [0.2, 0.25) is 5.78 Å². The van der Waals surface area contributed by atoms with E-state index in [1.807, 2.05) is 11.9 Å². The second-order valence-electron chi connectivity index (χ2n) is 9.81. The first-order valence-corrected chi connectivity index (χ1v) is 12.5. The van der Waals surface area contributed by atoms with Crippen LogP contribution in [0.3, 0.4) is 0 Å². The van der Waals surface area contributed by atoms with Gasteiger partial charge in [-0.25, -0.2) is 0 Å². The van der Waals surface area contributed by atoms with Crippen molar-refractivity contribution in [2.24, 2.45) is 5.10 Å². The van der Waals surface area contributed by atoms with Crippen LogP contribution in [-0.4, -0.2) is 34.7 Å². The van der Waals surface area contributed by atoms with Crippen LogP contribution in [0, 0.1) is 0 Å². The van der Waals surface area contributed by atoms with E-state index in [0.717, 1.165) is 56.3 Å². The van der Waals surface area contributed by atoms with Crippen LogP contribution in [0.15, 0.2) is 59.2 Å². The number of rotatable bonds is 7. The molecule has 2 fully saturated rings. The largest absolute Gasteiger partial charge is 0.392 e. The number of Topliss-reactive ketones (excluding diaryl/α,β-unsaturated/α-hetero) is 1. The zero-order valence-corrected chi connectivity index (χ0v) is 19.6. The molecule has 5 rings (SSSR count). The Labute approximate surface area is 197 Å². The summed E-state index contributed by atoms with van der Waals surface area (Å²) in [6.45, 7) is 3.80. The van der Waals surface area contributed by atoms with Crippen LogP contribution >= 0.6 is 0 Å². The highest BCUT2D eigenvalue weighted by molar-refractivity contribution is 6.45. The maximum absolute atomic E-state index is 12.9. The zero-order valence-electron chi connectivity index (χ0n) is 19.6. The third-order valence-electron chi connectivity index (χ3n) is 7.45. The Morgan fingerprint density at radius 2 is 1.82 bits per heavy atom. The summed E-state index contributed by atoms with van der Waals surface area (Å²) < 4.78 is 0. The molecule has 0 spiro atoms. The molecule has 1 aliphatic heterocycles. The smallest absolute Gasteiger partial charge is 0.204 e. The molecule has 1 heterocycles. The third kappa shape index (κ3) is 4.81. The van der Waals surface area contributed by atoms with Crippen LogP contribution in [-0.2, 0) is 11.4 Å². The summed E-state index contributed by atoms with van der Waals surface area (Å²) in [6, 6.07) is 15.3. The highest BCUT2D eigenvalue weighted by Gasteiger charge is 2.27. The molecule has 1 unspecified atom stereocenters. The molecule has 1 saturated heterocycles. The number of allylic oxidation sites excluding steroid dienone is 2. The van der Waals surface area contributed by atoms with Gasteiger partial charge in [-0.1, -0.05) is 42.5 Å². The topological polar surface area (TPSA) is 52.9 Å². The van der Waals surface area contributed by atoms with Gasteiger partial charge >= 0.3 is 0 Å². The summed E-state index contributed by atoms with van der Waals surface area (Å²) in [6.07, 6.45) is 9.52. The number of nitrogens with zero attached hydrogens (tertiary/aromatic N) is 2. The Bertz CT molecular complexity index is 1090. The van der Waals surface area contributed by atoms with Gasteiger partial charge in [0.15, 0.2) is 0 Å². The van der Waals surface area contributed by atoms with Crippen LogP contribution in [0.4, 0.5) is 0 Å². The number of aliphatic hydroxyl groups is 1. The molecule has 2 aromatic rings. The summed E-state index contributed by atoms with van der Waals surface area (Å²) in [5.74, 6) is 1.12. The lowest BCUT2D eigenvalue weighted by Gasteiger charge is -2.24. The van der Waals surface area contributed by atoms with E-state index in [1.54, 1.807) is 0 Å². The summed E-state index contributed by atoms with van der Waals surface area (Å²) in [5.41, 5.74) is 7.66. The van der Waals surface area contributed by atoms with Gasteiger partial charge in [-0.15, -0.1) is 0 Å². The van der Waals surface area contributed by atoms with Crippen molar-refractivity contribution in [1.82, 2.24) is 5.01 Å². The molecule has 0 bridgehead atoms. The van der Waals surface area contributed by atoms with Crippen molar-refractivity contribution in [3.63, 3.8) is 0 Å². The fourth-order valence-corrected chi connectivity index (χ4v) is 5.43. The molecule has 33 heavy (non-hydrogen) atoms. The molecule has 4 nitrogen and oxygen atoms in total. The normalized spacial score (nSPS) is 21.3. The Morgan fingerprint density at radius 3 is 2.52 bits per heavy atom. The molecule has 0 radical (unpaired) electrons. The van der Waals surface area contributed by atoms with E-state index in [9.17, 15) is 9.90 Å². The van der Waals surface area contributed by atoms with Gasteiger partial charge in [-0.05, 0) is 103 Å². The van der Waals surface area contributed by atoms with Gasteiger partial charge in [0, 0.05) is 13.1 Å². The Kier molecular flexibility index (Phi) is 6.45. The fraction of sp³-hybridized carbons (Fsp3) is 0.448. The fourth-order valence-electron chi connectivity index (χ4n) is 5.43. The van der Waals surface area contributed by atoms with Crippen LogP contribution < -0.4 is 0 Å². The molecule has 2 aromatic carbocycles. The maximum atomic E-state index is 12.9. The first kappa shape index (κ1) is 22.1. The lowest BCUT2D eigenvalue weighted by atomic mass is 9.80. The average molecular weight is 443 g/mol. The number of aliphatic hydroxyl groups excluding tert-OH is 1. The summed E-state index contributed by atoms with van der Waals surface area (Å²) in [7, 11) is 0. The first-order chi connectivity index (χ1) is 16.1. The molecular formula is C29H34N2O2. The Hall–Kier alpha value is -2.72. The van der Waals surface area contributed by atoms with Crippen LogP contribution in [0.2, 0.25) is 0 Å². The number of hydrogen-bond donors (Lipinski definition) is 1. The number of carbonyl (C=O) groups excluding carboxylic acids is 1. The second-order valence-corrected chi connectivity index (χ2v) is 9.81. The molecule has 1 saturated carbocycles. The zero-order chi connectivity index (χ0) is 22.8. The van der Waals surface area contributed by atoms with Gasteiger partial charge < -0.3 is 5.11 Å². The van der Waals surface area contributed by atoms with Crippen molar-refractivity contribution in [3.05, 3.63) is 70.8 Å². The summed E-state index contributed by atoms with van der Waals surface area (Å²) in [5, 5.41) is 16.7. The van der Waals surface area contributed by atoms with E-state index in [1.165, 1.54) is 35.1 Å². The maximum Gasteiger partial charge on any atom is 0.204 e. The second kappa shape index (κ2) is 9.64. The third-order valence-corrected chi connectivity index (χ3v) is 7.45. The van der Waals surface area contributed by atoms with E-state index in [0.29, 0.717) is 17.5 Å². The van der Waals surface area contributed by atoms with E-state index in [-0.39, 0.29) is 12.4 Å². The van der Waals surface area contributed by atoms with Crippen molar-refractivity contribution in [1.29, 1.82) is 0 Å². The van der Waals surface area contributed by atoms with Gasteiger partial charge in [0.1, 0.15) is 5.71 Å². The van der Waals surface area contributed by atoms with Gasteiger partial charge in [0.25, 0.3) is 0 Å². The van der Waals surface area contributed by atoms with Gasteiger partial charge in [-0.3, -0.25) is 9.80 Å². The average Bonchev–Trinajstić information content (AvgIpc) is 3.59. The molecule has 172 valence electrons. The predicted octanol–water partition coefficient (Wildman–Crippen LogP) is 5.96. The highest BCUT2D eigenvalue weighted by Crippen LogP contribution is 2.45. The van der Waals surface area contributed by atoms with Crippen molar-refractivity contribution in [3.8, 4) is 11.1 Å². The van der Waals surface area contributed by atoms with E-state index < -0.39 is 0 Å². The van der Waals surface area contributed by atoms with Crippen LogP contribution in [0.5, 0.6) is 0 Å². The molecule has 3 aliphatic rings. The number of hydrazone groups is 1. The molecule has 0 aromatic heterocycles. The Morgan fingerprint density at radius 1 is 1.03 bits per heavy atom. The molecule has 4 heteroatoms. The quantitative estimate of drug-likeness (QED) is 0.539. The number of benzene rings is 2. The summed E-state index contributed by atoms with van der Waals surface area (Å²) >= 11 is 0. The van der Waals surface area contributed by atoms with Crippen LogP contribution in [0.25, 0.3) is 11.1 Å². The Balaban J connectivity index is 1.32. The molecule has 0 amide bonds. The predicted molar refractivity (Wildman–Crippen MR) is 133 cm³/mol. The van der Waals surface area contributed by atoms with E-state index >= 15 is 0 Å². The minimum atomic E-state index is 0.0440. The number of hydrogen-bond acceptors (Lipinski definition) is 4. The minimum absolute atomic E-state index is 0.0440. The van der Waals surface area contributed by atoms with Gasteiger partial charge in [0.05, 0.1) is 6.61 Å². The lowest BCUT2D eigenvalue weighted by Crippen LogP contribution is -2.21. The van der Waals surface area contributed by atoms with Crippen molar-refractivity contribution in [2.75, 3.05) is 13.1 Å². The van der Waals surface area contributed by atoms with Crippen molar-refractivity contribution < 1.29 is 9.90 Å². The van der Waals surface area contributed by atoms with Crippen LogP contribution in [0.1, 0.15) is 80.4 Å². The SMILES string of the molecule is C/C(=N\N1CCCC1)C(=O)C1=CCC(c2ccc(-c3ccccc3C3CC3)cc2CO)CC1. The minimum Gasteiger partial charge on any atom is -0.392 e. The molecular weight excluding hydrogens is 408 g/mol. The molecule has 1 atom stereocenters. The molecule has 2 aliphatic carbocycles. The van der Waals surface area contributed by atoms with Crippen molar-refractivity contribution in [2.45, 2.75) is 70.3 Å². The highest BCUT2D eigenvalue weighted by atomic mass is 16.3. The number of ketones is 1. The van der Waals surface area contributed by atoms with Crippen molar-refractivity contribution >= 4 is 11.5 Å². The molecule has 1 N–H and O–H groups in total. The standard InChI is InChI=1S/C29H34N2O2/c1-20(30-31-16-4-5-17-31)29(33)23-12-10-21(11-13-23)26-15-14-24(18-25(26)19-32)28-7-3-2-6-27(28)22-8-9-22/h2-3,6-7,12,14-15,18,21-22,32H,4-5,8-11,13,16-17,19H2,1H3/b30-20+. The van der Waals surface area contributed by atoms with E-state index in [2.05, 4.69) is 53.6 Å². The lowest BCUT2D eigenvalue weighted by molar-refractivity contribution is -0.110. The number of carbonyl (C=O) groups is 1.